The number of hydrogen-bond acceptors (Lipinski definition) is 16. The van der Waals surface area contributed by atoms with E-state index >= 15 is 0 Å². The van der Waals surface area contributed by atoms with E-state index in [-0.39, 0.29) is 67.0 Å². The van der Waals surface area contributed by atoms with E-state index in [1.54, 1.807) is 0 Å². The average molecular weight is 705 g/mol. The van der Waals surface area contributed by atoms with Gasteiger partial charge in [0.2, 0.25) is 0 Å². The maximum absolute atomic E-state index is 13.8. The van der Waals surface area contributed by atoms with Crippen molar-refractivity contribution >= 4 is 57.6 Å². The quantitative estimate of drug-likeness (QED) is 0.0471. The topological polar surface area (TPSA) is 241 Å². The average Bonchev–Trinajstić information content (AvgIpc) is 3.11. The second-order valence-corrected chi connectivity index (χ2v) is 11.5. The first-order valence-corrected chi connectivity index (χ1v) is 15.6. The number of phosphoric acid groups is 1. The molecule has 0 amide bonds. The highest BCUT2D eigenvalue weighted by Crippen LogP contribution is 2.50. The molecule has 0 atom stereocenters. The number of phosphoric ester groups is 1. The summed E-state index contributed by atoms with van der Waals surface area (Å²) >= 11 is 0. The van der Waals surface area contributed by atoms with Crippen LogP contribution in [0.5, 0.6) is 17.2 Å². The zero-order valence-electron chi connectivity index (χ0n) is 25.2. The number of nitro benzene ring substituents is 3. The second kappa shape index (κ2) is 14.4. The van der Waals surface area contributed by atoms with Gasteiger partial charge in [-0.05, 0) is 54.6 Å². The van der Waals surface area contributed by atoms with E-state index in [9.17, 15) is 34.9 Å². The third-order valence-electron chi connectivity index (χ3n) is 6.99. The monoisotopic (exact) mass is 704 g/mol. The van der Waals surface area contributed by atoms with Crippen LogP contribution < -0.4 is 14.2 Å². The van der Waals surface area contributed by atoms with Gasteiger partial charge in [-0.3, -0.25) is 45.3 Å². The van der Waals surface area contributed by atoms with Crippen LogP contribution in [0.15, 0.2) is 91.4 Å². The van der Waals surface area contributed by atoms with Gasteiger partial charge in [-0.25, -0.2) is 18.1 Å². The molecule has 0 fully saturated rings. The minimum atomic E-state index is -4.65. The Balaban J connectivity index is 1.20. The highest BCUT2D eigenvalue weighted by Gasteiger charge is 2.30. The number of hydrogen-bond donors (Lipinski definition) is 0. The molecular formula is C30H21N6O13P. The number of ether oxygens (including phenoxy) is 3. The first-order chi connectivity index (χ1) is 24.1. The molecule has 0 saturated heterocycles. The molecule has 6 rings (SSSR count). The SMILES string of the molecule is O=[N+]([O-])c1ccc(OCOP(=O)(OCOc2ccc([N+](=O)[O-])c3cccnc23)OCOc2ccc([N+](=O)[O-])c3cccnc23)c2ncccc12. The van der Waals surface area contributed by atoms with Crippen molar-refractivity contribution in [3.63, 3.8) is 0 Å². The molecule has 0 aliphatic carbocycles. The van der Waals surface area contributed by atoms with Crippen LogP contribution in [-0.2, 0) is 18.1 Å². The summed E-state index contributed by atoms with van der Waals surface area (Å²) in [4.78, 5) is 45.1. The predicted octanol–water partition coefficient (Wildman–Crippen LogP) is 6.62. The molecule has 6 aromatic rings. The highest BCUT2D eigenvalue weighted by molar-refractivity contribution is 7.48. The van der Waals surface area contributed by atoms with Gasteiger partial charge >= 0.3 is 7.82 Å². The number of fused-ring (bicyclic) bond motifs is 3. The van der Waals surface area contributed by atoms with Crippen molar-refractivity contribution in [2.45, 2.75) is 0 Å². The van der Waals surface area contributed by atoms with Gasteiger partial charge in [-0.15, -0.1) is 0 Å². The lowest BCUT2D eigenvalue weighted by molar-refractivity contribution is -0.383. The van der Waals surface area contributed by atoms with Crippen molar-refractivity contribution in [1.82, 2.24) is 15.0 Å². The molecule has 20 heteroatoms. The summed E-state index contributed by atoms with van der Waals surface area (Å²) in [6, 6.07) is 16.5. The van der Waals surface area contributed by atoms with Crippen LogP contribution in [0, 0.1) is 30.3 Å². The van der Waals surface area contributed by atoms with Gasteiger partial charge in [0, 0.05) is 36.8 Å². The zero-order valence-corrected chi connectivity index (χ0v) is 26.1. The number of pyridine rings is 3. The Morgan fingerprint density at radius 2 is 0.800 bits per heavy atom. The molecule has 50 heavy (non-hydrogen) atoms. The largest absolute Gasteiger partial charge is 0.483 e. The summed E-state index contributed by atoms with van der Waals surface area (Å²) in [7, 11) is -4.65. The van der Waals surface area contributed by atoms with Crippen molar-refractivity contribution in [3.05, 3.63) is 122 Å². The van der Waals surface area contributed by atoms with Crippen LogP contribution in [-0.4, -0.2) is 50.1 Å². The number of nitrogens with zero attached hydrogens (tertiary/aromatic N) is 6. The third kappa shape index (κ3) is 7.05. The van der Waals surface area contributed by atoms with Crippen LogP contribution in [0.1, 0.15) is 0 Å². The maximum Gasteiger partial charge on any atom is 0.483 e. The molecule has 3 heterocycles. The minimum absolute atomic E-state index is 0.0529. The van der Waals surface area contributed by atoms with Gasteiger partial charge in [0.05, 0.1) is 30.9 Å². The Morgan fingerprint density at radius 1 is 0.500 bits per heavy atom. The summed E-state index contributed by atoms with van der Waals surface area (Å²) in [6.45, 7) is -2.32. The summed E-state index contributed by atoms with van der Waals surface area (Å²) in [5.74, 6) is 0.159. The standard InChI is InChI=1S/C30H21N6O13P/c37-34(38)22-7-10-25(28-19(22)4-1-13-31-28)44-16-47-50(43,48-17-45-26-11-8-23(35(39)40)20-5-2-14-32-29(20)26)49-18-46-27-12-9-24(36(41)42)21-6-3-15-33-30(21)27/h1-15H,16-18H2. The third-order valence-corrected chi connectivity index (χ3v) is 8.26. The van der Waals surface area contributed by atoms with Gasteiger partial charge < -0.3 is 14.2 Å². The highest BCUT2D eigenvalue weighted by atomic mass is 31.2. The van der Waals surface area contributed by atoms with E-state index in [4.69, 9.17) is 27.8 Å². The van der Waals surface area contributed by atoms with Gasteiger partial charge in [0.25, 0.3) is 17.1 Å². The maximum atomic E-state index is 13.8. The fourth-order valence-corrected chi connectivity index (χ4v) is 5.57. The number of rotatable bonds is 15. The van der Waals surface area contributed by atoms with Crippen LogP contribution >= 0.6 is 7.82 Å². The second-order valence-electron chi connectivity index (χ2n) is 9.84. The van der Waals surface area contributed by atoms with E-state index in [0.717, 1.165) is 0 Å². The molecular weight excluding hydrogens is 683 g/mol. The smallest absolute Gasteiger partial charge is 0.465 e. The summed E-state index contributed by atoms with van der Waals surface area (Å²) < 4.78 is 46.7. The number of aromatic nitrogens is 3. The van der Waals surface area contributed by atoms with Crippen LogP contribution in [0.4, 0.5) is 17.1 Å². The Labute approximate surface area is 279 Å². The van der Waals surface area contributed by atoms with E-state index < -0.39 is 43.0 Å². The molecule has 3 aromatic heterocycles. The Morgan fingerprint density at radius 3 is 1.08 bits per heavy atom. The van der Waals surface area contributed by atoms with Crippen molar-refractivity contribution in [2.75, 3.05) is 20.4 Å². The summed E-state index contributed by atoms with van der Waals surface area (Å²) in [6.07, 6.45) is 4.21. The molecule has 0 radical (unpaired) electrons. The van der Waals surface area contributed by atoms with Gasteiger partial charge in [-0.1, -0.05) is 0 Å². The lowest BCUT2D eigenvalue weighted by Crippen LogP contribution is -2.12. The van der Waals surface area contributed by atoms with E-state index in [1.165, 1.54) is 91.4 Å². The van der Waals surface area contributed by atoms with Crippen LogP contribution in [0.3, 0.4) is 0 Å². The van der Waals surface area contributed by atoms with Crippen molar-refractivity contribution in [3.8, 4) is 17.2 Å². The molecule has 0 aliphatic heterocycles. The molecule has 0 bridgehead atoms. The normalized spacial score (nSPS) is 11.4. The first-order valence-electron chi connectivity index (χ1n) is 14.1. The summed E-state index contributed by atoms with van der Waals surface area (Å²) in [5.41, 5.74) is -0.255. The fraction of sp³-hybridized carbons (Fsp3) is 0.100. The van der Waals surface area contributed by atoms with E-state index in [1.807, 2.05) is 0 Å². The molecule has 0 spiro atoms. The molecule has 0 aliphatic rings. The van der Waals surface area contributed by atoms with Crippen LogP contribution in [0.2, 0.25) is 0 Å². The number of benzene rings is 3. The van der Waals surface area contributed by atoms with Crippen molar-refractivity contribution in [1.29, 1.82) is 0 Å². The Bertz CT molecular complexity index is 2070. The number of non-ortho nitro benzene ring substituents is 3. The Hall–Kier alpha value is -6.40. The minimum Gasteiger partial charge on any atom is -0.465 e. The fourth-order valence-electron chi connectivity index (χ4n) is 4.80. The molecule has 0 N–H and O–H groups in total. The first kappa shape index (κ1) is 33.5. The van der Waals surface area contributed by atoms with Gasteiger partial charge in [-0.2, -0.15) is 0 Å². The van der Waals surface area contributed by atoms with Gasteiger partial charge in [0.1, 0.15) is 33.8 Å². The predicted molar refractivity (Wildman–Crippen MR) is 173 cm³/mol. The molecule has 3 aromatic carbocycles. The van der Waals surface area contributed by atoms with E-state index in [2.05, 4.69) is 15.0 Å². The Kier molecular flexibility index (Phi) is 9.63. The lowest BCUT2D eigenvalue weighted by atomic mass is 10.1. The van der Waals surface area contributed by atoms with Crippen molar-refractivity contribution < 1.29 is 47.1 Å². The van der Waals surface area contributed by atoms with Gasteiger partial charge in [0.15, 0.2) is 20.4 Å². The number of nitro groups is 3. The van der Waals surface area contributed by atoms with E-state index in [0.29, 0.717) is 0 Å². The van der Waals surface area contributed by atoms with Crippen molar-refractivity contribution in [2.24, 2.45) is 0 Å². The molecule has 254 valence electrons. The summed E-state index contributed by atoms with van der Waals surface area (Å²) in [5, 5.41) is 34.9. The lowest BCUT2D eigenvalue weighted by Gasteiger charge is -2.19. The molecule has 0 saturated carbocycles. The molecule has 0 unspecified atom stereocenters. The zero-order chi connectivity index (χ0) is 35.3. The molecule has 19 nitrogen and oxygen atoms in total. The van der Waals surface area contributed by atoms with Crippen LogP contribution in [0.25, 0.3) is 32.7 Å².